The standard InChI is InChI=1S/C29H32BrNO6/c1-17(12-18-13-20(30)9-11-24(18)33)8-10-25(34)26-19(16-37-2)14-22-27(23(26)15-32)29(36)31(28(22)35)21-6-4-3-5-7-21/h3-7,9,11-13,22-23,25,27,32-34H,8,10,14-16H2,1-2H3/b17-12+/t22-,23+,25-,27-/m1/s1. The lowest BCUT2D eigenvalue weighted by Gasteiger charge is -2.36. The van der Waals surface area contributed by atoms with E-state index in [2.05, 4.69) is 15.9 Å². The van der Waals surface area contributed by atoms with E-state index in [9.17, 15) is 24.9 Å². The van der Waals surface area contributed by atoms with Gasteiger partial charge < -0.3 is 20.1 Å². The Morgan fingerprint density at radius 1 is 1.19 bits per heavy atom. The second-order valence-electron chi connectivity index (χ2n) is 9.71. The zero-order chi connectivity index (χ0) is 26.7. The van der Waals surface area contributed by atoms with Crippen LogP contribution in [0.25, 0.3) is 6.08 Å². The molecular formula is C29H32BrNO6. The molecule has 2 aromatic carbocycles. The summed E-state index contributed by atoms with van der Waals surface area (Å²) >= 11 is 3.41. The molecule has 0 unspecified atom stereocenters. The molecule has 1 saturated heterocycles. The van der Waals surface area contributed by atoms with E-state index in [0.717, 1.165) is 15.6 Å². The minimum absolute atomic E-state index is 0.166. The number of halogens is 1. The number of ether oxygens (including phenoxy) is 1. The zero-order valence-electron chi connectivity index (χ0n) is 20.9. The van der Waals surface area contributed by atoms with Gasteiger partial charge in [-0.3, -0.25) is 14.5 Å². The Morgan fingerprint density at radius 2 is 1.92 bits per heavy atom. The van der Waals surface area contributed by atoms with Crippen molar-refractivity contribution < 1.29 is 29.6 Å². The number of hydrogen-bond acceptors (Lipinski definition) is 6. The first-order valence-corrected chi connectivity index (χ1v) is 13.1. The van der Waals surface area contributed by atoms with Crippen LogP contribution in [0.3, 0.4) is 0 Å². The minimum atomic E-state index is -0.920. The maximum atomic E-state index is 13.5. The van der Waals surface area contributed by atoms with Gasteiger partial charge in [0.2, 0.25) is 11.8 Å². The van der Waals surface area contributed by atoms with Crippen LogP contribution in [0.5, 0.6) is 5.75 Å². The predicted molar refractivity (Wildman–Crippen MR) is 145 cm³/mol. The molecule has 4 rings (SSSR count). The number of imide groups is 1. The summed E-state index contributed by atoms with van der Waals surface area (Å²) in [5.41, 5.74) is 3.50. The van der Waals surface area contributed by atoms with Crippen LogP contribution in [0.4, 0.5) is 5.69 Å². The van der Waals surface area contributed by atoms with Gasteiger partial charge in [-0.2, -0.15) is 0 Å². The number of amides is 2. The summed E-state index contributed by atoms with van der Waals surface area (Å²) in [5.74, 6) is -2.48. The Bertz CT molecular complexity index is 1220. The molecule has 2 amide bonds. The van der Waals surface area contributed by atoms with Crippen molar-refractivity contribution in [2.24, 2.45) is 17.8 Å². The van der Waals surface area contributed by atoms with Gasteiger partial charge in [-0.1, -0.05) is 45.8 Å². The number of anilines is 1. The van der Waals surface area contributed by atoms with E-state index in [-0.39, 0.29) is 30.8 Å². The first-order chi connectivity index (χ1) is 17.8. The summed E-state index contributed by atoms with van der Waals surface area (Å²) in [5, 5.41) is 31.9. The Hall–Kier alpha value is -2.78. The van der Waals surface area contributed by atoms with Crippen molar-refractivity contribution in [3.05, 3.63) is 75.3 Å². The summed E-state index contributed by atoms with van der Waals surface area (Å²) in [6.07, 6.45) is 2.14. The highest BCUT2D eigenvalue weighted by Crippen LogP contribution is 2.47. The molecule has 0 bridgehead atoms. The van der Waals surface area contributed by atoms with Gasteiger partial charge in [0.15, 0.2) is 0 Å². The molecule has 1 aliphatic carbocycles. The molecule has 37 heavy (non-hydrogen) atoms. The normalized spacial score (nSPS) is 23.0. The van der Waals surface area contributed by atoms with Crippen LogP contribution in [-0.2, 0) is 14.3 Å². The fraction of sp³-hybridized carbons (Fsp3) is 0.379. The van der Waals surface area contributed by atoms with E-state index in [1.165, 1.54) is 4.90 Å². The number of methoxy groups -OCH3 is 1. The number of fused-ring (bicyclic) bond motifs is 1. The van der Waals surface area contributed by atoms with Crippen LogP contribution in [0.2, 0.25) is 0 Å². The summed E-state index contributed by atoms with van der Waals surface area (Å²) in [4.78, 5) is 28.1. The third-order valence-electron chi connectivity index (χ3n) is 7.28. The van der Waals surface area contributed by atoms with Crippen LogP contribution in [0, 0.1) is 17.8 Å². The van der Waals surface area contributed by atoms with Crippen LogP contribution >= 0.6 is 15.9 Å². The highest BCUT2D eigenvalue weighted by molar-refractivity contribution is 9.10. The smallest absolute Gasteiger partial charge is 0.238 e. The number of phenolic OH excluding ortho intramolecular Hbond substituents is 1. The predicted octanol–water partition coefficient (Wildman–Crippen LogP) is 4.46. The number of aromatic hydroxyl groups is 1. The number of aliphatic hydroxyl groups is 2. The lowest BCUT2D eigenvalue weighted by atomic mass is 9.68. The van der Waals surface area contributed by atoms with Gasteiger partial charge in [0.05, 0.1) is 36.8 Å². The molecule has 0 radical (unpaired) electrons. The minimum Gasteiger partial charge on any atom is -0.507 e. The summed E-state index contributed by atoms with van der Waals surface area (Å²) < 4.78 is 6.25. The van der Waals surface area contributed by atoms with Gasteiger partial charge >= 0.3 is 0 Å². The number of para-hydroxylation sites is 1. The summed E-state index contributed by atoms with van der Waals surface area (Å²) in [7, 11) is 1.55. The van der Waals surface area contributed by atoms with Crippen LogP contribution in [-0.4, -0.2) is 53.6 Å². The number of benzene rings is 2. The Labute approximate surface area is 225 Å². The number of carbonyl (C=O) groups is 2. The average molecular weight is 570 g/mol. The number of phenols is 1. The monoisotopic (exact) mass is 569 g/mol. The second-order valence-corrected chi connectivity index (χ2v) is 10.6. The van der Waals surface area contributed by atoms with Crippen LogP contribution < -0.4 is 4.90 Å². The average Bonchev–Trinajstić information content (AvgIpc) is 3.14. The molecular weight excluding hydrogens is 538 g/mol. The Kier molecular flexibility index (Phi) is 8.64. The van der Waals surface area contributed by atoms with E-state index in [4.69, 9.17) is 4.74 Å². The molecule has 7 nitrogen and oxygen atoms in total. The van der Waals surface area contributed by atoms with Gasteiger partial charge in [-0.25, -0.2) is 0 Å². The maximum Gasteiger partial charge on any atom is 0.238 e. The molecule has 2 aromatic rings. The van der Waals surface area contributed by atoms with Crippen molar-refractivity contribution in [1.29, 1.82) is 0 Å². The third-order valence-corrected chi connectivity index (χ3v) is 7.77. The fourth-order valence-corrected chi connectivity index (χ4v) is 5.97. The number of allylic oxidation sites excluding steroid dienone is 1. The third kappa shape index (κ3) is 5.57. The Balaban J connectivity index is 1.59. The summed E-state index contributed by atoms with van der Waals surface area (Å²) in [6.45, 7) is 1.78. The number of nitrogens with zero attached hydrogens (tertiary/aromatic N) is 1. The van der Waals surface area contributed by atoms with Crippen molar-refractivity contribution in [2.75, 3.05) is 25.2 Å². The molecule has 8 heteroatoms. The lowest BCUT2D eigenvalue weighted by Crippen LogP contribution is -2.39. The topological polar surface area (TPSA) is 107 Å². The molecule has 0 spiro atoms. The van der Waals surface area contributed by atoms with Crippen molar-refractivity contribution in [3.63, 3.8) is 0 Å². The van der Waals surface area contributed by atoms with Crippen molar-refractivity contribution in [2.45, 2.75) is 32.3 Å². The molecule has 0 aromatic heterocycles. The van der Waals surface area contributed by atoms with E-state index in [0.29, 0.717) is 36.1 Å². The molecule has 1 aliphatic heterocycles. The van der Waals surface area contributed by atoms with Gasteiger partial charge in [0, 0.05) is 23.1 Å². The molecule has 2 aliphatic rings. The van der Waals surface area contributed by atoms with E-state index in [1.54, 1.807) is 43.5 Å². The highest BCUT2D eigenvalue weighted by atomic mass is 79.9. The highest BCUT2D eigenvalue weighted by Gasteiger charge is 2.55. The molecule has 1 heterocycles. The van der Waals surface area contributed by atoms with Gasteiger partial charge in [0.1, 0.15) is 5.75 Å². The zero-order valence-corrected chi connectivity index (χ0v) is 22.5. The van der Waals surface area contributed by atoms with E-state index < -0.39 is 23.9 Å². The number of aliphatic hydroxyl groups excluding tert-OH is 2. The first kappa shape index (κ1) is 27.3. The van der Waals surface area contributed by atoms with Crippen molar-refractivity contribution in [1.82, 2.24) is 0 Å². The van der Waals surface area contributed by atoms with Crippen LogP contribution in [0.1, 0.15) is 31.7 Å². The van der Waals surface area contributed by atoms with Crippen LogP contribution in [0.15, 0.2) is 69.7 Å². The number of rotatable bonds is 9. The van der Waals surface area contributed by atoms with E-state index in [1.807, 2.05) is 25.1 Å². The van der Waals surface area contributed by atoms with Gasteiger partial charge in [-0.05, 0) is 67.7 Å². The molecule has 0 saturated carbocycles. The van der Waals surface area contributed by atoms with Gasteiger partial charge in [0.25, 0.3) is 0 Å². The molecule has 1 fully saturated rings. The molecule has 3 N–H and O–H groups in total. The molecule has 4 atom stereocenters. The number of carbonyl (C=O) groups excluding carboxylic acids is 2. The quantitative estimate of drug-likeness (QED) is 0.304. The fourth-order valence-electron chi connectivity index (χ4n) is 5.60. The van der Waals surface area contributed by atoms with E-state index >= 15 is 0 Å². The molecule has 196 valence electrons. The second kappa shape index (κ2) is 11.7. The SMILES string of the molecule is COCC1=C([C@H](O)CC/C(C)=C/c2cc(Br)ccc2O)[C@H](CO)[C@@H]2C(=O)N(c3ccccc3)C(=O)[C@@H]2C1. The number of hydrogen-bond donors (Lipinski definition) is 3. The van der Waals surface area contributed by atoms with Gasteiger partial charge in [-0.15, -0.1) is 0 Å². The first-order valence-electron chi connectivity index (χ1n) is 12.3. The largest absolute Gasteiger partial charge is 0.507 e. The Morgan fingerprint density at radius 3 is 2.59 bits per heavy atom. The lowest BCUT2D eigenvalue weighted by molar-refractivity contribution is -0.123. The van der Waals surface area contributed by atoms with Crippen molar-refractivity contribution >= 4 is 39.5 Å². The van der Waals surface area contributed by atoms with Crippen molar-refractivity contribution in [3.8, 4) is 5.75 Å². The summed E-state index contributed by atoms with van der Waals surface area (Å²) in [6, 6.07) is 14.0. The maximum absolute atomic E-state index is 13.5.